The van der Waals surface area contributed by atoms with Crippen molar-refractivity contribution in [2.45, 2.75) is 19.3 Å². The molecule has 2 nitrogen and oxygen atoms in total. The van der Waals surface area contributed by atoms with Crippen LogP contribution in [0.15, 0.2) is 28.7 Å². The molecule has 0 unspecified atom stereocenters. The molecule has 1 radical (unpaired) electrons. The molecule has 0 amide bonds. The van der Waals surface area contributed by atoms with E-state index in [0.29, 0.717) is 0 Å². The van der Waals surface area contributed by atoms with Crippen LogP contribution in [0.25, 0.3) is 11.1 Å². The number of hydrogen-bond acceptors (Lipinski definition) is 2. The van der Waals surface area contributed by atoms with Crippen LogP contribution in [0.2, 0.25) is 0 Å². The Balaban J connectivity index is 2.10. The SMILES string of the molecule is c1ccc2oc([C]3CCC3)nc2c1. The van der Waals surface area contributed by atoms with E-state index in [0.717, 1.165) is 29.8 Å². The number of para-hydroxylation sites is 2. The molecule has 0 atom stereocenters. The molecule has 0 bridgehead atoms. The first-order valence-electron chi connectivity index (χ1n) is 4.64. The molecule has 1 aliphatic carbocycles. The summed E-state index contributed by atoms with van der Waals surface area (Å²) in [4.78, 5) is 4.43. The Morgan fingerprint density at radius 1 is 1.15 bits per heavy atom. The quantitative estimate of drug-likeness (QED) is 0.661. The van der Waals surface area contributed by atoms with Gasteiger partial charge in [0.2, 0.25) is 5.89 Å². The summed E-state index contributed by atoms with van der Waals surface area (Å²) in [6, 6.07) is 7.91. The average Bonchev–Trinajstić information content (AvgIpc) is 2.43. The molecule has 3 rings (SSSR count). The van der Waals surface area contributed by atoms with Crippen LogP contribution in [0.1, 0.15) is 25.2 Å². The summed E-state index contributed by atoms with van der Waals surface area (Å²) in [6.07, 6.45) is 3.60. The number of rotatable bonds is 1. The summed E-state index contributed by atoms with van der Waals surface area (Å²) in [7, 11) is 0. The third-order valence-electron chi connectivity index (χ3n) is 2.55. The van der Waals surface area contributed by atoms with E-state index in [1.165, 1.54) is 12.3 Å². The molecular formula is C11H10NO. The van der Waals surface area contributed by atoms with Crippen LogP contribution in [-0.2, 0) is 0 Å². The maximum absolute atomic E-state index is 5.62. The Hall–Kier alpha value is -1.31. The van der Waals surface area contributed by atoms with E-state index < -0.39 is 0 Å². The lowest BCUT2D eigenvalue weighted by Gasteiger charge is -2.20. The van der Waals surface area contributed by atoms with E-state index in [4.69, 9.17) is 4.42 Å². The van der Waals surface area contributed by atoms with Gasteiger partial charge in [-0.25, -0.2) is 4.98 Å². The number of aromatic nitrogens is 1. The van der Waals surface area contributed by atoms with E-state index in [2.05, 4.69) is 4.98 Å². The molecule has 1 heterocycles. The van der Waals surface area contributed by atoms with Gasteiger partial charge in [-0.2, -0.15) is 0 Å². The van der Waals surface area contributed by atoms with Crippen molar-refractivity contribution in [3.63, 3.8) is 0 Å². The van der Waals surface area contributed by atoms with Crippen LogP contribution in [0.4, 0.5) is 0 Å². The van der Waals surface area contributed by atoms with Crippen molar-refractivity contribution >= 4 is 11.1 Å². The Kier molecular flexibility index (Phi) is 1.42. The summed E-state index contributed by atoms with van der Waals surface area (Å²) in [5.41, 5.74) is 1.87. The summed E-state index contributed by atoms with van der Waals surface area (Å²) in [5.74, 6) is 2.23. The second kappa shape index (κ2) is 2.59. The first-order chi connectivity index (χ1) is 6.43. The van der Waals surface area contributed by atoms with Crippen molar-refractivity contribution in [2.75, 3.05) is 0 Å². The fourth-order valence-electron chi connectivity index (χ4n) is 1.59. The highest BCUT2D eigenvalue weighted by Crippen LogP contribution is 2.35. The summed E-state index contributed by atoms with van der Waals surface area (Å²) >= 11 is 0. The Labute approximate surface area is 76.6 Å². The average molecular weight is 172 g/mol. The molecule has 2 aromatic rings. The van der Waals surface area contributed by atoms with E-state index in [1.807, 2.05) is 24.3 Å². The van der Waals surface area contributed by atoms with Crippen molar-refractivity contribution in [1.29, 1.82) is 0 Å². The van der Waals surface area contributed by atoms with Crippen molar-refractivity contribution in [3.05, 3.63) is 36.1 Å². The van der Waals surface area contributed by atoms with E-state index in [1.54, 1.807) is 0 Å². The van der Waals surface area contributed by atoms with Gasteiger partial charge in [0, 0.05) is 0 Å². The predicted octanol–water partition coefficient (Wildman–Crippen LogP) is 2.93. The van der Waals surface area contributed by atoms with Crippen molar-refractivity contribution < 1.29 is 4.42 Å². The third-order valence-corrected chi connectivity index (χ3v) is 2.55. The molecule has 1 fully saturated rings. The minimum absolute atomic E-state index is 0.854. The molecule has 13 heavy (non-hydrogen) atoms. The van der Waals surface area contributed by atoms with Gasteiger partial charge < -0.3 is 4.42 Å². The molecule has 0 spiro atoms. The lowest BCUT2D eigenvalue weighted by Crippen LogP contribution is -2.09. The zero-order chi connectivity index (χ0) is 8.67. The van der Waals surface area contributed by atoms with Crippen LogP contribution in [0.3, 0.4) is 0 Å². The van der Waals surface area contributed by atoms with Gasteiger partial charge >= 0.3 is 0 Å². The van der Waals surface area contributed by atoms with Gasteiger partial charge in [0.1, 0.15) is 5.52 Å². The van der Waals surface area contributed by atoms with Gasteiger partial charge in [0.05, 0.1) is 5.92 Å². The smallest absolute Gasteiger partial charge is 0.202 e. The maximum atomic E-state index is 5.62. The van der Waals surface area contributed by atoms with E-state index in [-0.39, 0.29) is 0 Å². The van der Waals surface area contributed by atoms with Crippen LogP contribution in [0, 0.1) is 5.92 Å². The fourth-order valence-corrected chi connectivity index (χ4v) is 1.59. The zero-order valence-corrected chi connectivity index (χ0v) is 7.29. The molecule has 1 aromatic carbocycles. The predicted molar refractivity (Wildman–Crippen MR) is 50.2 cm³/mol. The van der Waals surface area contributed by atoms with Crippen molar-refractivity contribution in [2.24, 2.45) is 0 Å². The van der Waals surface area contributed by atoms with Gasteiger partial charge in [0.25, 0.3) is 0 Å². The number of fused-ring (bicyclic) bond motifs is 1. The second-order valence-electron chi connectivity index (χ2n) is 3.44. The highest BCUT2D eigenvalue weighted by molar-refractivity contribution is 5.72. The minimum atomic E-state index is 0.854. The van der Waals surface area contributed by atoms with Crippen LogP contribution < -0.4 is 0 Å². The summed E-state index contributed by atoms with van der Waals surface area (Å²) in [5, 5.41) is 0. The van der Waals surface area contributed by atoms with E-state index >= 15 is 0 Å². The van der Waals surface area contributed by atoms with Crippen LogP contribution in [0.5, 0.6) is 0 Å². The molecule has 1 aromatic heterocycles. The first kappa shape index (κ1) is 7.13. The van der Waals surface area contributed by atoms with Gasteiger partial charge in [-0.15, -0.1) is 0 Å². The molecule has 1 aliphatic rings. The molecule has 1 saturated carbocycles. The molecular weight excluding hydrogens is 162 g/mol. The van der Waals surface area contributed by atoms with Crippen molar-refractivity contribution in [3.8, 4) is 0 Å². The number of hydrogen-bond donors (Lipinski definition) is 0. The molecule has 0 aliphatic heterocycles. The number of oxazole rings is 1. The fraction of sp³-hybridized carbons (Fsp3) is 0.273. The lowest BCUT2D eigenvalue weighted by atomic mass is 9.85. The Morgan fingerprint density at radius 2 is 2.00 bits per heavy atom. The molecule has 0 saturated heterocycles. The van der Waals surface area contributed by atoms with Crippen molar-refractivity contribution in [1.82, 2.24) is 4.98 Å². The second-order valence-corrected chi connectivity index (χ2v) is 3.44. The van der Waals surface area contributed by atoms with Gasteiger partial charge in [-0.1, -0.05) is 18.6 Å². The largest absolute Gasteiger partial charge is 0.440 e. The van der Waals surface area contributed by atoms with Gasteiger partial charge in [-0.3, -0.25) is 0 Å². The normalized spacial score (nSPS) is 17.5. The topological polar surface area (TPSA) is 26.0 Å². The summed E-state index contributed by atoms with van der Waals surface area (Å²) in [6.45, 7) is 0. The third kappa shape index (κ3) is 1.05. The highest BCUT2D eigenvalue weighted by Gasteiger charge is 2.25. The number of benzene rings is 1. The molecule has 2 heteroatoms. The van der Waals surface area contributed by atoms with E-state index in [9.17, 15) is 0 Å². The molecule has 65 valence electrons. The van der Waals surface area contributed by atoms with Gasteiger partial charge in [-0.05, 0) is 25.0 Å². The highest BCUT2D eigenvalue weighted by atomic mass is 16.3. The lowest BCUT2D eigenvalue weighted by molar-refractivity contribution is 0.464. The van der Waals surface area contributed by atoms with Crippen LogP contribution >= 0.6 is 0 Å². The van der Waals surface area contributed by atoms with Gasteiger partial charge in [0.15, 0.2) is 5.58 Å². The zero-order valence-electron chi connectivity index (χ0n) is 7.29. The first-order valence-corrected chi connectivity index (χ1v) is 4.64. The molecule has 0 N–H and O–H groups in total. The Bertz CT molecular complexity index is 395. The van der Waals surface area contributed by atoms with Crippen LogP contribution in [-0.4, -0.2) is 4.98 Å². The monoisotopic (exact) mass is 172 g/mol. The summed E-state index contributed by atoms with van der Waals surface area (Å²) < 4.78 is 5.62. The number of nitrogens with zero attached hydrogens (tertiary/aromatic N) is 1. The standard InChI is InChI=1S/C11H10NO/c1-2-7-10-9(6-1)12-11(13-10)8-4-3-5-8/h1-2,6-7H,3-5H2. The minimum Gasteiger partial charge on any atom is -0.440 e. The maximum Gasteiger partial charge on any atom is 0.202 e. The Morgan fingerprint density at radius 3 is 2.69 bits per heavy atom.